The largest absolute Gasteiger partial charge is 0.497 e. The summed E-state index contributed by atoms with van der Waals surface area (Å²) < 4.78 is 3.46. The average Bonchev–Trinajstić information content (AvgIpc) is 2.14. The second kappa shape index (κ2) is 5.34. The zero-order valence-corrected chi connectivity index (χ0v) is 13.4. The fourth-order valence-electron chi connectivity index (χ4n) is 1.19. The van der Waals surface area contributed by atoms with Crippen molar-refractivity contribution in [2.24, 2.45) is 0 Å². The molecular weight excluding hydrogens is 275 g/mol. The van der Waals surface area contributed by atoms with Crippen LogP contribution in [0.15, 0.2) is 24.3 Å². The Bertz CT molecular complexity index is 395. The van der Waals surface area contributed by atoms with Crippen LogP contribution in [0.1, 0.15) is 20.8 Å². The second-order valence-corrected chi connectivity index (χ2v) is 15.3. The normalized spacial score (nSPS) is 15.6. The molecular formula is C11H17OPS3. The quantitative estimate of drug-likeness (QED) is 0.664. The number of rotatable bonds is 3. The molecule has 0 spiro atoms. The molecule has 0 radical (unpaired) electrons. The highest BCUT2D eigenvalue weighted by Crippen LogP contribution is 2.66. The van der Waals surface area contributed by atoms with Gasteiger partial charge in [-0.1, -0.05) is 32.6 Å². The molecule has 1 atom stereocenters. The summed E-state index contributed by atoms with van der Waals surface area (Å²) in [5.74, 6) is 0.854. The Kier molecular flexibility index (Phi) is 4.82. The van der Waals surface area contributed by atoms with Gasteiger partial charge in [-0.05, 0) is 24.3 Å². The first-order valence-corrected chi connectivity index (χ1v) is 10.3. The van der Waals surface area contributed by atoms with Gasteiger partial charge in [-0.3, -0.25) is 0 Å². The molecule has 0 saturated carbocycles. The maximum Gasteiger partial charge on any atom is 0.118 e. The maximum atomic E-state index is 5.63. The van der Waals surface area contributed by atoms with E-state index in [9.17, 15) is 0 Å². The minimum Gasteiger partial charge on any atom is -0.497 e. The topological polar surface area (TPSA) is 9.23 Å². The SMILES string of the molecule is COc1ccc(P(=S)(S)SC(C)(C)C)cc1. The van der Waals surface area contributed by atoms with E-state index in [4.69, 9.17) is 16.5 Å². The van der Waals surface area contributed by atoms with Gasteiger partial charge in [0.25, 0.3) is 0 Å². The highest BCUT2D eigenvalue weighted by atomic mass is 33.2. The van der Waals surface area contributed by atoms with Crippen LogP contribution >= 0.6 is 28.1 Å². The Morgan fingerprint density at radius 3 is 2.12 bits per heavy atom. The molecule has 0 amide bonds. The summed E-state index contributed by atoms with van der Waals surface area (Å²) in [6.07, 6.45) is 0. The van der Waals surface area contributed by atoms with Crippen molar-refractivity contribution < 1.29 is 4.74 Å². The Morgan fingerprint density at radius 2 is 1.75 bits per heavy atom. The molecule has 0 aromatic heterocycles. The summed E-state index contributed by atoms with van der Waals surface area (Å²) >= 11 is 12.1. The molecule has 5 heteroatoms. The predicted octanol–water partition coefficient (Wildman–Crippen LogP) is 4.09. The first kappa shape index (κ1) is 14.4. The molecule has 1 aromatic rings. The molecule has 0 bridgehead atoms. The van der Waals surface area contributed by atoms with E-state index in [1.54, 1.807) is 18.5 Å². The monoisotopic (exact) mass is 292 g/mol. The van der Waals surface area contributed by atoms with E-state index in [1.165, 1.54) is 0 Å². The molecule has 0 aliphatic rings. The minimum atomic E-state index is -1.81. The van der Waals surface area contributed by atoms with Crippen LogP contribution in [0.3, 0.4) is 0 Å². The van der Waals surface area contributed by atoms with Crippen molar-refractivity contribution >= 4 is 45.2 Å². The predicted molar refractivity (Wildman–Crippen MR) is 83.2 cm³/mol. The number of methoxy groups -OCH3 is 1. The molecule has 0 aliphatic heterocycles. The van der Waals surface area contributed by atoms with Crippen molar-refractivity contribution in [2.75, 3.05) is 7.11 Å². The van der Waals surface area contributed by atoms with Gasteiger partial charge >= 0.3 is 0 Å². The number of thiol groups is 1. The van der Waals surface area contributed by atoms with Gasteiger partial charge in [-0.25, -0.2) is 0 Å². The van der Waals surface area contributed by atoms with Crippen molar-refractivity contribution in [1.82, 2.24) is 0 Å². The van der Waals surface area contributed by atoms with Gasteiger partial charge in [-0.2, -0.15) is 0 Å². The molecule has 1 rings (SSSR count). The van der Waals surface area contributed by atoms with E-state index in [2.05, 4.69) is 33.0 Å². The van der Waals surface area contributed by atoms with E-state index >= 15 is 0 Å². The fourth-order valence-corrected chi connectivity index (χ4v) is 10.5. The van der Waals surface area contributed by atoms with Gasteiger partial charge in [0.15, 0.2) is 0 Å². The van der Waals surface area contributed by atoms with Crippen LogP contribution in [0.2, 0.25) is 0 Å². The minimum absolute atomic E-state index is 0.136. The highest BCUT2D eigenvalue weighted by molar-refractivity contribution is 8.98. The molecule has 0 saturated heterocycles. The van der Waals surface area contributed by atoms with Gasteiger partial charge in [0, 0.05) is 10.1 Å². The van der Waals surface area contributed by atoms with Crippen LogP contribution in [0, 0.1) is 0 Å². The summed E-state index contributed by atoms with van der Waals surface area (Å²) in [4.78, 5) is 0. The van der Waals surface area contributed by atoms with Gasteiger partial charge in [0.05, 0.1) is 11.6 Å². The molecule has 0 fully saturated rings. The van der Waals surface area contributed by atoms with Crippen molar-refractivity contribution in [3.05, 3.63) is 24.3 Å². The first-order valence-electron chi connectivity index (χ1n) is 4.93. The molecule has 90 valence electrons. The summed E-state index contributed by atoms with van der Waals surface area (Å²) in [5.41, 5.74) is 0. The Balaban J connectivity index is 2.94. The fraction of sp³-hybridized carbons (Fsp3) is 0.455. The third-order valence-electron chi connectivity index (χ3n) is 1.80. The lowest BCUT2D eigenvalue weighted by Gasteiger charge is -2.25. The van der Waals surface area contributed by atoms with Crippen molar-refractivity contribution in [3.63, 3.8) is 0 Å². The van der Waals surface area contributed by atoms with Crippen LogP contribution in [-0.2, 0) is 11.8 Å². The molecule has 0 N–H and O–H groups in total. The average molecular weight is 292 g/mol. The van der Waals surface area contributed by atoms with E-state index in [1.807, 2.05) is 24.3 Å². The van der Waals surface area contributed by atoms with Gasteiger partial charge < -0.3 is 4.74 Å². The molecule has 16 heavy (non-hydrogen) atoms. The molecule has 1 nitrogen and oxygen atoms in total. The number of hydrogen-bond acceptors (Lipinski definition) is 3. The van der Waals surface area contributed by atoms with Crippen LogP contribution in [0.25, 0.3) is 0 Å². The summed E-state index contributed by atoms with van der Waals surface area (Å²) in [6.45, 7) is 6.50. The zero-order chi connectivity index (χ0) is 12.4. The Morgan fingerprint density at radius 1 is 1.25 bits per heavy atom. The van der Waals surface area contributed by atoms with Crippen LogP contribution in [0.4, 0.5) is 0 Å². The molecule has 0 heterocycles. The van der Waals surface area contributed by atoms with Crippen molar-refractivity contribution in [2.45, 2.75) is 25.5 Å². The van der Waals surface area contributed by atoms with Crippen LogP contribution in [-0.4, -0.2) is 11.9 Å². The maximum absolute atomic E-state index is 5.63. The van der Waals surface area contributed by atoms with E-state index in [0.29, 0.717) is 0 Å². The summed E-state index contributed by atoms with van der Waals surface area (Å²) in [7, 11) is 1.66. The third kappa shape index (κ3) is 4.33. The van der Waals surface area contributed by atoms with Crippen LogP contribution in [0.5, 0.6) is 5.75 Å². The van der Waals surface area contributed by atoms with Gasteiger partial charge in [-0.15, -0.1) is 23.6 Å². The van der Waals surface area contributed by atoms with Gasteiger partial charge in [0.1, 0.15) is 5.75 Å². The lowest BCUT2D eigenvalue weighted by molar-refractivity contribution is 0.415. The summed E-state index contributed by atoms with van der Waals surface area (Å²) in [5, 5.41) is 1.13. The molecule has 1 unspecified atom stereocenters. The van der Waals surface area contributed by atoms with E-state index < -0.39 is 4.44 Å². The lowest BCUT2D eigenvalue weighted by atomic mass is 10.3. The van der Waals surface area contributed by atoms with Crippen molar-refractivity contribution in [3.8, 4) is 5.75 Å². The third-order valence-corrected chi connectivity index (χ3v) is 9.29. The number of ether oxygens (including phenoxy) is 1. The van der Waals surface area contributed by atoms with Crippen LogP contribution < -0.4 is 10.0 Å². The van der Waals surface area contributed by atoms with E-state index in [-0.39, 0.29) is 4.75 Å². The van der Waals surface area contributed by atoms with Crippen molar-refractivity contribution in [1.29, 1.82) is 0 Å². The standard InChI is InChI=1S/C11H17OPS3/c1-11(2,3)16-13(14,15)10-7-5-9(12-4)6-8-10/h5-8H,1-4H3,(H,14,15). The summed E-state index contributed by atoms with van der Waals surface area (Å²) in [6, 6.07) is 7.92. The second-order valence-electron chi connectivity index (χ2n) is 4.42. The number of benzene rings is 1. The van der Waals surface area contributed by atoms with E-state index in [0.717, 1.165) is 11.1 Å². The first-order chi connectivity index (χ1) is 7.24. The molecule has 1 aromatic carbocycles. The molecule has 0 aliphatic carbocycles. The Labute approximate surface area is 112 Å². The lowest BCUT2D eigenvalue weighted by Crippen LogP contribution is -2.09. The smallest absolute Gasteiger partial charge is 0.118 e. The Hall–Kier alpha value is 0.370. The van der Waals surface area contributed by atoms with Gasteiger partial charge in [0.2, 0.25) is 0 Å². The zero-order valence-electron chi connectivity index (χ0n) is 9.93. The highest BCUT2D eigenvalue weighted by Gasteiger charge is 2.23. The number of hydrogen-bond donors (Lipinski definition) is 1.